The van der Waals surface area contributed by atoms with E-state index in [1.54, 1.807) is 0 Å². The van der Waals surface area contributed by atoms with Crippen molar-refractivity contribution in [1.82, 2.24) is 5.32 Å². The zero-order chi connectivity index (χ0) is 9.03. The molecule has 1 saturated heterocycles. The van der Waals surface area contributed by atoms with Crippen molar-refractivity contribution in [2.75, 3.05) is 25.4 Å². The minimum absolute atomic E-state index is 0.0754. The van der Waals surface area contributed by atoms with Crippen molar-refractivity contribution in [2.24, 2.45) is 0 Å². The second-order valence-electron chi connectivity index (χ2n) is 3.06. The summed E-state index contributed by atoms with van der Waals surface area (Å²) in [5.74, 6) is 0.239. The van der Waals surface area contributed by atoms with Crippen LogP contribution >= 0.6 is 0 Å². The van der Waals surface area contributed by atoms with Crippen molar-refractivity contribution in [3.8, 4) is 0 Å². The van der Waals surface area contributed by atoms with Gasteiger partial charge < -0.3 is 10.4 Å². The Morgan fingerprint density at radius 1 is 1.50 bits per heavy atom. The van der Waals surface area contributed by atoms with Crippen LogP contribution in [0.5, 0.6) is 0 Å². The number of aliphatic hydroxyl groups excluding tert-OH is 1. The molecule has 0 saturated carbocycles. The highest BCUT2D eigenvalue weighted by Crippen LogP contribution is 2.11. The Morgan fingerprint density at radius 2 is 2.25 bits per heavy atom. The first-order valence-corrected chi connectivity index (χ1v) is 5.91. The fourth-order valence-electron chi connectivity index (χ4n) is 1.37. The maximum atomic E-state index is 11.4. The van der Waals surface area contributed by atoms with Gasteiger partial charge in [0, 0.05) is 19.7 Å². The summed E-state index contributed by atoms with van der Waals surface area (Å²) in [6.45, 7) is 1.19. The van der Waals surface area contributed by atoms with Crippen molar-refractivity contribution in [3.05, 3.63) is 0 Å². The molecule has 1 unspecified atom stereocenters. The van der Waals surface area contributed by atoms with E-state index in [0.717, 1.165) is 0 Å². The molecular formula is C7H15NO3S. The first-order chi connectivity index (χ1) is 5.67. The van der Waals surface area contributed by atoms with Gasteiger partial charge in [-0.3, -0.25) is 0 Å². The molecule has 0 aromatic rings. The number of rotatable bonds is 3. The summed E-state index contributed by atoms with van der Waals surface area (Å²) in [6.07, 6.45) is 1.15. The Balaban J connectivity index is 2.49. The Morgan fingerprint density at radius 3 is 2.83 bits per heavy atom. The van der Waals surface area contributed by atoms with E-state index in [9.17, 15) is 8.42 Å². The van der Waals surface area contributed by atoms with Crippen LogP contribution in [-0.2, 0) is 9.84 Å². The number of hydrogen-bond acceptors (Lipinski definition) is 4. The molecule has 72 valence electrons. The molecule has 0 radical (unpaired) electrons. The van der Waals surface area contributed by atoms with Crippen molar-refractivity contribution < 1.29 is 13.5 Å². The second-order valence-corrected chi connectivity index (χ2v) is 5.46. The van der Waals surface area contributed by atoms with Crippen LogP contribution in [0.4, 0.5) is 0 Å². The van der Waals surface area contributed by atoms with Crippen LogP contribution in [0.1, 0.15) is 12.8 Å². The number of nitrogens with one attached hydrogen (secondary N) is 1. The monoisotopic (exact) mass is 193 g/mol. The van der Waals surface area contributed by atoms with Gasteiger partial charge in [-0.05, 0) is 12.8 Å². The average molecular weight is 193 g/mol. The third kappa shape index (κ3) is 2.43. The van der Waals surface area contributed by atoms with Gasteiger partial charge in [-0.15, -0.1) is 0 Å². The fourth-order valence-corrected chi connectivity index (χ4v) is 3.03. The molecule has 2 N–H and O–H groups in total. The Bertz CT molecular complexity index is 225. The summed E-state index contributed by atoms with van der Waals surface area (Å²) >= 11 is 0. The van der Waals surface area contributed by atoms with Crippen molar-refractivity contribution >= 4 is 9.84 Å². The normalized spacial score (nSPS) is 28.6. The Hall–Kier alpha value is -0.130. The summed E-state index contributed by atoms with van der Waals surface area (Å²) < 4.78 is 22.7. The van der Waals surface area contributed by atoms with Gasteiger partial charge >= 0.3 is 0 Å². The first-order valence-electron chi connectivity index (χ1n) is 4.20. The predicted molar refractivity (Wildman–Crippen MR) is 46.8 cm³/mol. The van der Waals surface area contributed by atoms with Crippen LogP contribution in [0.2, 0.25) is 0 Å². The van der Waals surface area contributed by atoms with E-state index in [-0.39, 0.29) is 17.6 Å². The third-order valence-electron chi connectivity index (χ3n) is 2.13. The molecule has 0 amide bonds. The van der Waals surface area contributed by atoms with Crippen molar-refractivity contribution in [1.29, 1.82) is 0 Å². The molecule has 12 heavy (non-hydrogen) atoms. The van der Waals surface area contributed by atoms with Crippen LogP contribution in [-0.4, -0.2) is 44.2 Å². The van der Waals surface area contributed by atoms with Gasteiger partial charge in [0.2, 0.25) is 0 Å². The molecule has 0 spiro atoms. The zero-order valence-electron chi connectivity index (χ0n) is 6.99. The lowest BCUT2D eigenvalue weighted by atomic mass is 10.2. The minimum Gasteiger partial charge on any atom is -0.396 e. The highest BCUT2D eigenvalue weighted by atomic mass is 32.2. The zero-order valence-corrected chi connectivity index (χ0v) is 7.81. The quantitative estimate of drug-likeness (QED) is 0.612. The van der Waals surface area contributed by atoms with Crippen molar-refractivity contribution in [3.63, 3.8) is 0 Å². The van der Waals surface area contributed by atoms with Gasteiger partial charge in [-0.2, -0.15) is 0 Å². The Labute approximate surface area is 72.9 Å². The molecule has 1 atom stereocenters. The van der Waals surface area contributed by atoms with Crippen LogP contribution < -0.4 is 5.32 Å². The molecule has 0 aliphatic carbocycles. The second kappa shape index (κ2) is 4.20. The topological polar surface area (TPSA) is 66.4 Å². The van der Waals surface area contributed by atoms with E-state index in [1.165, 1.54) is 0 Å². The van der Waals surface area contributed by atoms with Gasteiger partial charge in [-0.25, -0.2) is 8.42 Å². The number of sulfone groups is 1. The molecule has 0 bridgehead atoms. The van der Waals surface area contributed by atoms with E-state index < -0.39 is 9.84 Å². The summed E-state index contributed by atoms with van der Waals surface area (Å²) in [5, 5.41) is 11.3. The largest absolute Gasteiger partial charge is 0.396 e. The van der Waals surface area contributed by atoms with E-state index in [1.807, 2.05) is 0 Å². The van der Waals surface area contributed by atoms with Gasteiger partial charge in [0.05, 0.1) is 11.0 Å². The van der Waals surface area contributed by atoms with Gasteiger partial charge in [-0.1, -0.05) is 0 Å². The molecule has 0 aromatic carbocycles. The first kappa shape index (κ1) is 9.95. The number of aliphatic hydroxyl groups is 1. The smallest absolute Gasteiger partial charge is 0.155 e. The van der Waals surface area contributed by atoms with E-state index in [4.69, 9.17) is 5.11 Å². The summed E-state index contributed by atoms with van der Waals surface area (Å²) in [6, 6.07) is 0. The van der Waals surface area contributed by atoms with Crippen LogP contribution in [0.25, 0.3) is 0 Å². The minimum atomic E-state index is -2.87. The lowest BCUT2D eigenvalue weighted by molar-refractivity contribution is 0.282. The Kier molecular flexibility index (Phi) is 3.49. The predicted octanol–water partition coefficient (Wildman–Crippen LogP) is -0.854. The van der Waals surface area contributed by atoms with Crippen LogP contribution in [0.15, 0.2) is 0 Å². The maximum absolute atomic E-state index is 11.4. The average Bonchev–Trinajstić information content (AvgIpc) is 2.02. The summed E-state index contributed by atoms with van der Waals surface area (Å²) in [7, 11) is -2.87. The van der Waals surface area contributed by atoms with Gasteiger partial charge in [0.25, 0.3) is 0 Å². The lowest BCUT2D eigenvalue weighted by Gasteiger charge is -2.22. The summed E-state index contributed by atoms with van der Waals surface area (Å²) in [4.78, 5) is 0. The summed E-state index contributed by atoms with van der Waals surface area (Å²) in [5.41, 5.74) is 0. The standard InChI is InChI=1S/C7H15NO3S/c9-4-1-2-7-6-8-3-5-12(7,10)11/h7-9H,1-6H2. The SMILES string of the molecule is O=S1(=O)CCNCC1CCCO. The molecule has 1 aliphatic rings. The number of hydrogen-bond donors (Lipinski definition) is 2. The molecule has 1 rings (SSSR count). The molecule has 1 heterocycles. The molecule has 1 aliphatic heterocycles. The molecule has 4 nitrogen and oxygen atoms in total. The van der Waals surface area contributed by atoms with E-state index in [2.05, 4.69) is 5.32 Å². The molecule has 0 aromatic heterocycles. The van der Waals surface area contributed by atoms with Crippen LogP contribution in [0.3, 0.4) is 0 Å². The molecular weight excluding hydrogens is 178 g/mol. The molecule has 5 heteroatoms. The van der Waals surface area contributed by atoms with Gasteiger partial charge in [0.15, 0.2) is 9.84 Å². The molecule has 1 fully saturated rings. The fraction of sp³-hybridized carbons (Fsp3) is 1.00. The van der Waals surface area contributed by atoms with Crippen LogP contribution in [0, 0.1) is 0 Å². The third-order valence-corrected chi connectivity index (χ3v) is 4.32. The van der Waals surface area contributed by atoms with E-state index in [0.29, 0.717) is 25.9 Å². The maximum Gasteiger partial charge on any atom is 0.155 e. The highest BCUT2D eigenvalue weighted by molar-refractivity contribution is 7.92. The lowest BCUT2D eigenvalue weighted by Crippen LogP contribution is -2.43. The van der Waals surface area contributed by atoms with E-state index >= 15 is 0 Å². The van der Waals surface area contributed by atoms with Gasteiger partial charge in [0.1, 0.15) is 0 Å². The van der Waals surface area contributed by atoms with Crippen molar-refractivity contribution in [2.45, 2.75) is 18.1 Å². The highest BCUT2D eigenvalue weighted by Gasteiger charge is 2.27.